The standard InChI is InChI=1S/C13H14BrN3O2/c1-17-8-9(7-15-17)12(13(18)19-2)16-11-5-3-10(14)4-6-11/h3-8,12,16H,1-2H3. The van der Waals surface area contributed by atoms with Crippen LogP contribution in [0.15, 0.2) is 41.1 Å². The molecular formula is C13H14BrN3O2. The van der Waals surface area contributed by atoms with Gasteiger partial charge in [-0.15, -0.1) is 0 Å². The molecule has 1 unspecified atom stereocenters. The van der Waals surface area contributed by atoms with Gasteiger partial charge >= 0.3 is 5.97 Å². The summed E-state index contributed by atoms with van der Waals surface area (Å²) in [5, 5.41) is 7.21. The molecule has 5 nitrogen and oxygen atoms in total. The highest BCUT2D eigenvalue weighted by atomic mass is 79.9. The highest BCUT2D eigenvalue weighted by Crippen LogP contribution is 2.22. The number of ether oxygens (including phenoxy) is 1. The van der Waals surface area contributed by atoms with Gasteiger partial charge in [-0.3, -0.25) is 4.68 Å². The Kier molecular flexibility index (Phi) is 4.21. The molecule has 0 fully saturated rings. The second-order valence-corrected chi connectivity index (χ2v) is 4.97. The summed E-state index contributed by atoms with van der Waals surface area (Å²) in [7, 11) is 3.17. The number of hydrogen-bond donors (Lipinski definition) is 1. The maximum absolute atomic E-state index is 11.9. The molecule has 1 heterocycles. The van der Waals surface area contributed by atoms with Crippen LogP contribution in [0.2, 0.25) is 0 Å². The average Bonchev–Trinajstić information content (AvgIpc) is 2.83. The van der Waals surface area contributed by atoms with Crippen LogP contribution < -0.4 is 5.32 Å². The molecule has 0 aliphatic heterocycles. The smallest absolute Gasteiger partial charge is 0.333 e. The van der Waals surface area contributed by atoms with Gasteiger partial charge in [0.05, 0.1) is 13.3 Å². The first-order chi connectivity index (χ1) is 9.10. The summed E-state index contributed by atoms with van der Waals surface area (Å²) in [4.78, 5) is 11.9. The molecule has 100 valence electrons. The summed E-state index contributed by atoms with van der Waals surface area (Å²) < 4.78 is 7.45. The van der Waals surface area contributed by atoms with Crippen LogP contribution >= 0.6 is 15.9 Å². The molecule has 0 saturated heterocycles. The third-order valence-electron chi connectivity index (χ3n) is 2.65. The monoisotopic (exact) mass is 323 g/mol. The molecule has 0 spiro atoms. The van der Waals surface area contributed by atoms with Crippen LogP contribution in [0.25, 0.3) is 0 Å². The number of methoxy groups -OCH3 is 1. The molecule has 1 atom stereocenters. The number of aryl methyl sites for hydroxylation is 1. The zero-order valence-corrected chi connectivity index (χ0v) is 12.2. The number of carbonyl (C=O) groups is 1. The molecule has 0 saturated carbocycles. The molecule has 1 aromatic heterocycles. The van der Waals surface area contributed by atoms with E-state index < -0.39 is 6.04 Å². The Balaban J connectivity index is 2.23. The molecule has 2 aromatic rings. The Bertz CT molecular complexity index is 566. The number of halogens is 1. The summed E-state index contributed by atoms with van der Waals surface area (Å²) >= 11 is 3.37. The number of esters is 1. The zero-order valence-electron chi connectivity index (χ0n) is 10.6. The number of benzene rings is 1. The number of nitrogens with zero attached hydrogens (tertiary/aromatic N) is 2. The maximum atomic E-state index is 11.9. The molecule has 2 rings (SSSR count). The van der Waals surface area contributed by atoms with Crippen molar-refractivity contribution < 1.29 is 9.53 Å². The number of hydrogen-bond acceptors (Lipinski definition) is 4. The van der Waals surface area contributed by atoms with E-state index in [1.165, 1.54) is 7.11 Å². The van der Waals surface area contributed by atoms with Crippen molar-refractivity contribution in [3.63, 3.8) is 0 Å². The number of nitrogens with one attached hydrogen (secondary N) is 1. The molecular weight excluding hydrogens is 310 g/mol. The molecule has 0 radical (unpaired) electrons. The van der Waals surface area contributed by atoms with Crippen LogP contribution in [0.1, 0.15) is 11.6 Å². The molecule has 0 amide bonds. The summed E-state index contributed by atoms with van der Waals surface area (Å²) in [5.74, 6) is -0.351. The van der Waals surface area contributed by atoms with E-state index in [1.807, 2.05) is 24.3 Å². The SMILES string of the molecule is COC(=O)C(Nc1ccc(Br)cc1)c1cnn(C)c1. The topological polar surface area (TPSA) is 56.1 Å². The first kappa shape index (κ1) is 13.6. The molecule has 1 N–H and O–H groups in total. The van der Waals surface area contributed by atoms with Gasteiger partial charge in [0.15, 0.2) is 6.04 Å². The van der Waals surface area contributed by atoms with Gasteiger partial charge in [-0.25, -0.2) is 4.79 Å². The Labute approximate surface area is 119 Å². The number of carbonyl (C=O) groups excluding carboxylic acids is 1. The third kappa shape index (κ3) is 3.35. The van der Waals surface area contributed by atoms with Gasteiger partial charge in [-0.1, -0.05) is 15.9 Å². The van der Waals surface area contributed by atoms with Crippen molar-refractivity contribution in [2.75, 3.05) is 12.4 Å². The van der Waals surface area contributed by atoms with Gasteiger partial charge < -0.3 is 10.1 Å². The number of aromatic nitrogens is 2. The van der Waals surface area contributed by atoms with E-state index in [-0.39, 0.29) is 5.97 Å². The number of rotatable bonds is 4. The Hall–Kier alpha value is -1.82. The Morgan fingerprint density at radius 2 is 2.11 bits per heavy atom. The van der Waals surface area contributed by atoms with Gasteiger partial charge in [0.2, 0.25) is 0 Å². The van der Waals surface area contributed by atoms with Crippen LogP contribution in [0, 0.1) is 0 Å². The largest absolute Gasteiger partial charge is 0.467 e. The minimum Gasteiger partial charge on any atom is -0.467 e. The summed E-state index contributed by atoms with van der Waals surface area (Å²) in [6.45, 7) is 0. The van der Waals surface area contributed by atoms with Crippen molar-refractivity contribution >= 4 is 27.6 Å². The zero-order chi connectivity index (χ0) is 13.8. The van der Waals surface area contributed by atoms with Crippen LogP contribution in [0.5, 0.6) is 0 Å². The lowest BCUT2D eigenvalue weighted by atomic mass is 10.1. The Morgan fingerprint density at radius 3 is 2.63 bits per heavy atom. The lowest BCUT2D eigenvalue weighted by Gasteiger charge is -2.16. The maximum Gasteiger partial charge on any atom is 0.333 e. The van der Waals surface area contributed by atoms with E-state index in [1.54, 1.807) is 24.1 Å². The molecule has 0 aliphatic rings. The second-order valence-electron chi connectivity index (χ2n) is 4.05. The predicted octanol–water partition coefficient (Wildman–Crippen LogP) is 2.51. The molecule has 1 aromatic carbocycles. The second kappa shape index (κ2) is 5.88. The van der Waals surface area contributed by atoms with Crippen molar-refractivity contribution in [2.45, 2.75) is 6.04 Å². The summed E-state index contributed by atoms with van der Waals surface area (Å²) in [6.07, 6.45) is 3.43. The summed E-state index contributed by atoms with van der Waals surface area (Å²) in [6, 6.07) is 7.01. The van der Waals surface area contributed by atoms with Crippen molar-refractivity contribution in [3.05, 3.63) is 46.7 Å². The quantitative estimate of drug-likeness (QED) is 0.878. The van der Waals surface area contributed by atoms with E-state index in [0.29, 0.717) is 0 Å². The third-order valence-corrected chi connectivity index (χ3v) is 3.18. The van der Waals surface area contributed by atoms with E-state index in [2.05, 4.69) is 26.3 Å². The highest BCUT2D eigenvalue weighted by molar-refractivity contribution is 9.10. The molecule has 6 heteroatoms. The van der Waals surface area contributed by atoms with Gasteiger partial charge in [0, 0.05) is 29.0 Å². The first-order valence-corrected chi connectivity index (χ1v) is 6.48. The molecule has 0 aliphatic carbocycles. The minimum atomic E-state index is -0.570. The number of anilines is 1. The normalized spacial score (nSPS) is 11.9. The van der Waals surface area contributed by atoms with E-state index in [9.17, 15) is 4.79 Å². The minimum absolute atomic E-state index is 0.351. The van der Waals surface area contributed by atoms with E-state index in [4.69, 9.17) is 4.74 Å². The van der Waals surface area contributed by atoms with Crippen molar-refractivity contribution in [1.82, 2.24) is 9.78 Å². The summed E-state index contributed by atoms with van der Waals surface area (Å²) in [5.41, 5.74) is 1.60. The van der Waals surface area contributed by atoms with Crippen LogP contribution in [0.4, 0.5) is 5.69 Å². The van der Waals surface area contributed by atoms with Gasteiger partial charge in [-0.05, 0) is 24.3 Å². The molecule has 19 heavy (non-hydrogen) atoms. The fraction of sp³-hybridized carbons (Fsp3) is 0.231. The average molecular weight is 324 g/mol. The van der Waals surface area contributed by atoms with Crippen LogP contribution in [-0.4, -0.2) is 22.9 Å². The highest BCUT2D eigenvalue weighted by Gasteiger charge is 2.22. The van der Waals surface area contributed by atoms with Crippen molar-refractivity contribution in [2.24, 2.45) is 7.05 Å². The van der Waals surface area contributed by atoms with Gasteiger partial charge in [0.1, 0.15) is 0 Å². The fourth-order valence-corrected chi connectivity index (χ4v) is 1.96. The molecule has 0 bridgehead atoms. The van der Waals surface area contributed by atoms with E-state index in [0.717, 1.165) is 15.7 Å². The van der Waals surface area contributed by atoms with Crippen molar-refractivity contribution in [1.29, 1.82) is 0 Å². The lowest BCUT2D eigenvalue weighted by molar-refractivity contribution is -0.141. The van der Waals surface area contributed by atoms with Crippen molar-refractivity contribution in [3.8, 4) is 0 Å². The lowest BCUT2D eigenvalue weighted by Crippen LogP contribution is -2.21. The van der Waals surface area contributed by atoms with Gasteiger partial charge in [-0.2, -0.15) is 5.10 Å². The van der Waals surface area contributed by atoms with Crippen LogP contribution in [-0.2, 0) is 16.6 Å². The predicted molar refractivity (Wildman–Crippen MR) is 75.7 cm³/mol. The van der Waals surface area contributed by atoms with Crippen LogP contribution in [0.3, 0.4) is 0 Å². The Morgan fingerprint density at radius 1 is 1.42 bits per heavy atom. The fourth-order valence-electron chi connectivity index (χ4n) is 1.70. The first-order valence-electron chi connectivity index (χ1n) is 5.68. The van der Waals surface area contributed by atoms with E-state index >= 15 is 0 Å². The van der Waals surface area contributed by atoms with Gasteiger partial charge in [0.25, 0.3) is 0 Å².